The number of carbonyl (C=O) groups excluding carboxylic acids is 1. The molecule has 1 aromatic heterocycles. The molecule has 0 radical (unpaired) electrons. The van der Waals surface area contributed by atoms with E-state index < -0.39 is 0 Å². The molecule has 0 bridgehead atoms. The second-order valence-corrected chi connectivity index (χ2v) is 7.16. The van der Waals surface area contributed by atoms with E-state index in [1.165, 1.54) is 5.56 Å². The van der Waals surface area contributed by atoms with Crippen molar-refractivity contribution in [2.45, 2.75) is 27.2 Å². The fourth-order valence-corrected chi connectivity index (χ4v) is 3.39. The van der Waals surface area contributed by atoms with Gasteiger partial charge in [0.15, 0.2) is 5.69 Å². The van der Waals surface area contributed by atoms with Gasteiger partial charge in [-0.2, -0.15) is 0 Å². The van der Waals surface area contributed by atoms with Gasteiger partial charge >= 0.3 is 0 Å². The molecule has 0 atom stereocenters. The molecule has 27 heavy (non-hydrogen) atoms. The average Bonchev–Trinajstić information content (AvgIpc) is 3.07. The van der Waals surface area contributed by atoms with Gasteiger partial charge in [-0.05, 0) is 45.5 Å². The summed E-state index contributed by atoms with van der Waals surface area (Å²) in [5, 5.41) is 11.2. The van der Waals surface area contributed by atoms with Crippen molar-refractivity contribution < 1.29 is 4.79 Å². The van der Waals surface area contributed by atoms with Crippen LogP contribution in [-0.2, 0) is 0 Å². The van der Waals surface area contributed by atoms with Gasteiger partial charge < -0.3 is 15.1 Å². The number of carbonyl (C=O) groups is 1. The number of aromatic nitrogens is 3. The van der Waals surface area contributed by atoms with Crippen LogP contribution in [0.4, 0.5) is 0 Å². The highest BCUT2D eigenvalue weighted by Crippen LogP contribution is 2.13. The van der Waals surface area contributed by atoms with Crippen LogP contribution in [0, 0.1) is 13.8 Å². The standard InChI is InChI=1S/C20H30N6O/c1-4-24-12-14-25(15-13-24)11-5-10-21-20(27)19-17(3)26(23-22-19)18-8-6-16(2)7-9-18/h6-9H,4-5,10-15H2,1-3H3,(H,21,27). The molecule has 2 heterocycles. The van der Waals surface area contributed by atoms with Crippen molar-refractivity contribution in [1.29, 1.82) is 0 Å². The average molecular weight is 371 g/mol. The summed E-state index contributed by atoms with van der Waals surface area (Å²) in [4.78, 5) is 17.4. The molecule has 0 saturated carbocycles. The summed E-state index contributed by atoms with van der Waals surface area (Å²) in [5.74, 6) is -0.151. The highest BCUT2D eigenvalue weighted by molar-refractivity contribution is 5.93. The molecule has 1 aliphatic heterocycles. The Hall–Kier alpha value is -2.25. The Morgan fingerprint density at radius 2 is 1.74 bits per heavy atom. The molecule has 1 aromatic carbocycles. The predicted molar refractivity (Wildman–Crippen MR) is 106 cm³/mol. The first kappa shape index (κ1) is 19.5. The van der Waals surface area contributed by atoms with Crippen LogP contribution >= 0.6 is 0 Å². The van der Waals surface area contributed by atoms with E-state index in [0.717, 1.165) is 57.1 Å². The molecule has 3 rings (SSSR count). The SMILES string of the molecule is CCN1CCN(CCCNC(=O)c2nnn(-c3ccc(C)cc3)c2C)CC1. The van der Waals surface area contributed by atoms with E-state index in [2.05, 4.69) is 32.4 Å². The molecule has 146 valence electrons. The Morgan fingerprint density at radius 1 is 1.07 bits per heavy atom. The minimum atomic E-state index is -0.151. The smallest absolute Gasteiger partial charge is 0.273 e. The van der Waals surface area contributed by atoms with Gasteiger partial charge in [-0.1, -0.05) is 29.8 Å². The van der Waals surface area contributed by atoms with Crippen LogP contribution in [0.15, 0.2) is 24.3 Å². The monoisotopic (exact) mass is 370 g/mol. The number of nitrogens with one attached hydrogen (secondary N) is 1. The maximum atomic E-state index is 12.5. The van der Waals surface area contributed by atoms with Crippen LogP contribution in [0.1, 0.15) is 35.1 Å². The van der Waals surface area contributed by atoms with Crippen LogP contribution < -0.4 is 5.32 Å². The van der Waals surface area contributed by atoms with Crippen LogP contribution in [0.5, 0.6) is 0 Å². The quantitative estimate of drug-likeness (QED) is 0.751. The molecule has 7 nitrogen and oxygen atoms in total. The zero-order chi connectivity index (χ0) is 19.2. The minimum absolute atomic E-state index is 0.151. The van der Waals surface area contributed by atoms with E-state index in [9.17, 15) is 4.79 Å². The first-order valence-electron chi connectivity index (χ1n) is 9.80. The number of piperazine rings is 1. The van der Waals surface area contributed by atoms with Crippen molar-refractivity contribution in [3.8, 4) is 5.69 Å². The summed E-state index contributed by atoms with van der Waals surface area (Å²) < 4.78 is 1.71. The second-order valence-electron chi connectivity index (χ2n) is 7.16. The van der Waals surface area contributed by atoms with E-state index in [1.54, 1.807) is 4.68 Å². The molecule has 1 N–H and O–H groups in total. The zero-order valence-corrected chi connectivity index (χ0v) is 16.6. The maximum Gasteiger partial charge on any atom is 0.273 e. The lowest BCUT2D eigenvalue weighted by Crippen LogP contribution is -2.46. The molecule has 0 aliphatic carbocycles. The Morgan fingerprint density at radius 3 is 2.41 bits per heavy atom. The number of amides is 1. The fourth-order valence-electron chi connectivity index (χ4n) is 3.39. The lowest BCUT2D eigenvalue weighted by Gasteiger charge is -2.33. The minimum Gasteiger partial charge on any atom is -0.351 e. The second kappa shape index (κ2) is 9.10. The molecular weight excluding hydrogens is 340 g/mol. The number of hydrogen-bond donors (Lipinski definition) is 1. The first-order chi connectivity index (χ1) is 13.1. The predicted octanol–water partition coefficient (Wildman–Crippen LogP) is 1.64. The van der Waals surface area contributed by atoms with Gasteiger partial charge in [-0.3, -0.25) is 4.79 Å². The van der Waals surface area contributed by atoms with Crippen LogP contribution in [-0.4, -0.2) is 76.5 Å². The van der Waals surface area contributed by atoms with Gasteiger partial charge in [0.25, 0.3) is 5.91 Å². The van der Waals surface area contributed by atoms with Gasteiger partial charge in [-0.15, -0.1) is 5.10 Å². The normalized spacial score (nSPS) is 15.8. The Kier molecular flexibility index (Phi) is 6.58. The maximum absolute atomic E-state index is 12.5. The molecule has 1 saturated heterocycles. The van der Waals surface area contributed by atoms with Crippen molar-refractivity contribution in [2.24, 2.45) is 0 Å². The fraction of sp³-hybridized carbons (Fsp3) is 0.550. The summed E-state index contributed by atoms with van der Waals surface area (Å²) in [6.45, 7) is 13.5. The lowest BCUT2D eigenvalue weighted by molar-refractivity contribution is 0.0942. The highest BCUT2D eigenvalue weighted by atomic mass is 16.2. The Bertz CT molecular complexity index is 746. The summed E-state index contributed by atoms with van der Waals surface area (Å²) in [6.07, 6.45) is 0.947. The van der Waals surface area contributed by atoms with Crippen molar-refractivity contribution in [3.63, 3.8) is 0 Å². The molecule has 0 unspecified atom stereocenters. The summed E-state index contributed by atoms with van der Waals surface area (Å²) >= 11 is 0. The number of likely N-dealkylation sites (N-methyl/N-ethyl adjacent to an activating group) is 1. The number of hydrogen-bond acceptors (Lipinski definition) is 5. The molecule has 1 fully saturated rings. The van der Waals surface area contributed by atoms with Gasteiger partial charge in [0.1, 0.15) is 0 Å². The third-order valence-electron chi connectivity index (χ3n) is 5.24. The number of benzene rings is 1. The van der Waals surface area contributed by atoms with Gasteiger partial charge in [0, 0.05) is 32.7 Å². The van der Waals surface area contributed by atoms with Gasteiger partial charge in [0.2, 0.25) is 0 Å². The first-order valence-corrected chi connectivity index (χ1v) is 9.80. The number of rotatable bonds is 7. The van der Waals surface area contributed by atoms with Crippen molar-refractivity contribution in [1.82, 2.24) is 30.1 Å². The summed E-state index contributed by atoms with van der Waals surface area (Å²) in [6, 6.07) is 8.01. The number of aryl methyl sites for hydroxylation is 1. The van der Waals surface area contributed by atoms with Gasteiger partial charge in [0.05, 0.1) is 11.4 Å². The van der Waals surface area contributed by atoms with Crippen molar-refractivity contribution >= 4 is 5.91 Å². The van der Waals surface area contributed by atoms with E-state index in [0.29, 0.717) is 12.2 Å². The van der Waals surface area contributed by atoms with Crippen molar-refractivity contribution in [2.75, 3.05) is 45.8 Å². The third-order valence-corrected chi connectivity index (χ3v) is 5.24. The van der Waals surface area contributed by atoms with Crippen molar-refractivity contribution in [3.05, 3.63) is 41.2 Å². The zero-order valence-electron chi connectivity index (χ0n) is 16.6. The highest BCUT2D eigenvalue weighted by Gasteiger charge is 2.18. The van der Waals surface area contributed by atoms with E-state index in [1.807, 2.05) is 38.1 Å². The molecule has 7 heteroatoms. The molecule has 1 aliphatic rings. The Labute approximate surface area is 161 Å². The van der Waals surface area contributed by atoms with Crippen LogP contribution in [0.2, 0.25) is 0 Å². The lowest BCUT2D eigenvalue weighted by atomic mass is 10.2. The van der Waals surface area contributed by atoms with E-state index >= 15 is 0 Å². The molecule has 1 amide bonds. The summed E-state index contributed by atoms with van der Waals surface area (Å²) in [7, 11) is 0. The largest absolute Gasteiger partial charge is 0.351 e. The van der Waals surface area contributed by atoms with E-state index in [-0.39, 0.29) is 5.91 Å². The van der Waals surface area contributed by atoms with E-state index in [4.69, 9.17) is 0 Å². The molecular formula is C20H30N6O. The van der Waals surface area contributed by atoms with Crippen LogP contribution in [0.25, 0.3) is 5.69 Å². The number of nitrogens with zero attached hydrogens (tertiary/aromatic N) is 5. The topological polar surface area (TPSA) is 66.3 Å². The van der Waals surface area contributed by atoms with Crippen LogP contribution in [0.3, 0.4) is 0 Å². The summed E-state index contributed by atoms with van der Waals surface area (Å²) in [5.41, 5.74) is 3.25. The Balaban J connectivity index is 1.47. The molecule has 2 aromatic rings. The molecule has 0 spiro atoms. The third kappa shape index (κ3) is 4.93. The van der Waals surface area contributed by atoms with Gasteiger partial charge in [-0.25, -0.2) is 4.68 Å².